The van der Waals surface area contributed by atoms with E-state index >= 15 is 0 Å². The summed E-state index contributed by atoms with van der Waals surface area (Å²) in [4.78, 5) is 11.7. The number of carbonyl (C=O) groups excluding carboxylic acids is 1. The van der Waals surface area contributed by atoms with Crippen LogP contribution in [0, 0.1) is 0 Å². The fourth-order valence-electron chi connectivity index (χ4n) is 4.87. The third-order valence-electron chi connectivity index (χ3n) is 7.15. The van der Waals surface area contributed by atoms with E-state index in [4.69, 9.17) is 18.9 Å². The molecule has 38 heavy (non-hydrogen) atoms. The van der Waals surface area contributed by atoms with Crippen molar-refractivity contribution in [2.45, 2.75) is 139 Å². The summed E-state index contributed by atoms with van der Waals surface area (Å²) in [7, 11) is 0. The fourth-order valence-corrected chi connectivity index (χ4v) is 4.87. The third-order valence-corrected chi connectivity index (χ3v) is 7.15. The van der Waals surface area contributed by atoms with Gasteiger partial charge in [0.2, 0.25) is 5.91 Å². The van der Waals surface area contributed by atoms with Crippen LogP contribution < -0.4 is 5.32 Å². The van der Waals surface area contributed by atoms with Crippen molar-refractivity contribution in [2.75, 3.05) is 19.8 Å². The van der Waals surface area contributed by atoms with Crippen LogP contribution in [0.15, 0.2) is 0 Å². The van der Waals surface area contributed by atoms with Crippen molar-refractivity contribution in [2.24, 2.45) is 0 Å². The van der Waals surface area contributed by atoms with Gasteiger partial charge in [-0.3, -0.25) is 4.79 Å². The lowest BCUT2D eigenvalue weighted by atomic mass is 9.95. The first kappa shape index (κ1) is 33.3. The first-order valence-corrected chi connectivity index (χ1v) is 14.0. The van der Waals surface area contributed by atoms with E-state index in [2.05, 4.69) is 12.2 Å². The Balaban J connectivity index is 1.95. The minimum atomic E-state index is -1.56. The molecule has 0 radical (unpaired) electrons. The Bertz CT molecular complexity index is 657. The van der Waals surface area contributed by atoms with E-state index in [1.54, 1.807) is 0 Å². The molecule has 0 aromatic carbocycles. The second kappa shape index (κ2) is 17.7. The molecule has 12 nitrogen and oxygen atoms in total. The van der Waals surface area contributed by atoms with Crippen molar-refractivity contribution in [1.29, 1.82) is 0 Å². The lowest BCUT2D eigenvalue weighted by Crippen LogP contribution is -2.67. The Morgan fingerprint density at radius 3 is 1.76 bits per heavy atom. The van der Waals surface area contributed by atoms with E-state index in [0.717, 1.165) is 25.7 Å². The molecule has 0 saturated carbocycles. The van der Waals surface area contributed by atoms with E-state index in [1.807, 2.05) is 0 Å². The Hall–Kier alpha value is -0.930. The molecule has 7 N–H and O–H groups in total. The largest absolute Gasteiger partial charge is 0.394 e. The van der Waals surface area contributed by atoms with E-state index < -0.39 is 80.5 Å². The van der Waals surface area contributed by atoms with Gasteiger partial charge in [-0.25, -0.2) is 0 Å². The summed E-state index contributed by atoms with van der Waals surface area (Å²) in [6.07, 6.45) is -0.913. The summed E-state index contributed by atoms with van der Waals surface area (Å²) < 4.78 is 23.0. The van der Waals surface area contributed by atoms with Crippen molar-refractivity contribution in [3.63, 3.8) is 0 Å². The van der Waals surface area contributed by atoms with E-state index in [-0.39, 0.29) is 6.61 Å². The van der Waals surface area contributed by atoms with Gasteiger partial charge in [0, 0.05) is 13.5 Å². The standard InChI is InChI=1S/C26H49NO11/c1-3-4-5-6-7-8-9-10-11-12-13-35-26-24(23(34)21(32)18(15-29)37-26)38-25-19(27-16(2)30)22(33)20(31)17(14-28)36-25/h17-26,28-29,31-34H,3-15H2,1-2H3,(H,27,30)/t17-,18-,19-,20-,21-,22-,23+,24+,25+,26+/m1/s1. The normalized spacial score (nSPS) is 35.8. The van der Waals surface area contributed by atoms with Gasteiger partial charge >= 0.3 is 0 Å². The number of hydrogen-bond acceptors (Lipinski definition) is 11. The first-order chi connectivity index (χ1) is 18.2. The molecule has 12 heteroatoms. The van der Waals surface area contributed by atoms with Gasteiger partial charge in [-0.1, -0.05) is 64.7 Å². The molecule has 0 unspecified atom stereocenters. The van der Waals surface area contributed by atoms with Crippen molar-refractivity contribution in [3.05, 3.63) is 0 Å². The number of ether oxygens (including phenoxy) is 4. The zero-order valence-electron chi connectivity index (χ0n) is 22.7. The van der Waals surface area contributed by atoms with Gasteiger partial charge in [-0.2, -0.15) is 0 Å². The lowest BCUT2D eigenvalue weighted by molar-refractivity contribution is -0.355. The molecular formula is C26H49NO11. The second-order valence-electron chi connectivity index (χ2n) is 10.3. The summed E-state index contributed by atoms with van der Waals surface area (Å²) in [5.41, 5.74) is 0. The van der Waals surface area contributed by atoms with Crippen molar-refractivity contribution in [1.82, 2.24) is 5.32 Å². The highest BCUT2D eigenvalue weighted by Crippen LogP contribution is 2.30. The van der Waals surface area contributed by atoms with Crippen molar-refractivity contribution < 1.29 is 54.4 Å². The molecule has 224 valence electrons. The van der Waals surface area contributed by atoms with Gasteiger partial charge in [0.15, 0.2) is 12.6 Å². The Morgan fingerprint density at radius 1 is 0.737 bits per heavy atom. The smallest absolute Gasteiger partial charge is 0.217 e. The maximum Gasteiger partial charge on any atom is 0.217 e. The van der Waals surface area contributed by atoms with Gasteiger partial charge in [0.25, 0.3) is 0 Å². The van der Waals surface area contributed by atoms with Crippen LogP contribution in [0.3, 0.4) is 0 Å². The highest BCUT2D eigenvalue weighted by molar-refractivity contribution is 5.73. The number of carbonyl (C=O) groups is 1. The van der Waals surface area contributed by atoms with Crippen LogP contribution in [0.2, 0.25) is 0 Å². The Morgan fingerprint density at radius 2 is 1.24 bits per heavy atom. The molecule has 0 aromatic heterocycles. The zero-order chi connectivity index (χ0) is 28.1. The summed E-state index contributed by atoms with van der Waals surface area (Å²) in [6, 6.07) is -1.24. The molecule has 2 aliphatic rings. The molecule has 0 aliphatic carbocycles. The number of amides is 1. The van der Waals surface area contributed by atoms with E-state index in [0.29, 0.717) is 0 Å². The van der Waals surface area contributed by atoms with Gasteiger partial charge in [-0.15, -0.1) is 0 Å². The van der Waals surface area contributed by atoms with Crippen molar-refractivity contribution in [3.8, 4) is 0 Å². The number of nitrogens with one attached hydrogen (secondary N) is 1. The molecule has 0 spiro atoms. The van der Waals surface area contributed by atoms with E-state index in [9.17, 15) is 35.4 Å². The summed E-state index contributed by atoms with van der Waals surface area (Å²) in [6.45, 7) is 2.50. The van der Waals surface area contributed by atoms with Crippen LogP contribution in [0.1, 0.15) is 78.1 Å². The number of rotatable bonds is 17. The van der Waals surface area contributed by atoms with Crippen molar-refractivity contribution >= 4 is 5.91 Å². The van der Waals surface area contributed by atoms with Crippen LogP contribution in [0.5, 0.6) is 0 Å². The first-order valence-electron chi connectivity index (χ1n) is 14.0. The monoisotopic (exact) mass is 551 g/mol. The van der Waals surface area contributed by atoms with Crippen LogP contribution in [0.4, 0.5) is 0 Å². The molecule has 2 fully saturated rings. The van der Waals surface area contributed by atoms with Crippen LogP contribution in [-0.4, -0.2) is 118 Å². The van der Waals surface area contributed by atoms with Gasteiger partial charge in [-0.05, 0) is 6.42 Å². The van der Waals surface area contributed by atoms with Crippen LogP contribution >= 0.6 is 0 Å². The average Bonchev–Trinajstić information content (AvgIpc) is 2.90. The molecular weight excluding hydrogens is 502 g/mol. The minimum absolute atomic E-state index is 0.281. The predicted octanol–water partition coefficient (Wildman–Crippen LogP) is -0.308. The Kier molecular flexibility index (Phi) is 15.5. The third kappa shape index (κ3) is 9.92. The molecule has 2 heterocycles. The predicted molar refractivity (Wildman–Crippen MR) is 136 cm³/mol. The Labute approximate surface area is 225 Å². The molecule has 0 aromatic rings. The van der Waals surface area contributed by atoms with Gasteiger partial charge in [0.1, 0.15) is 48.8 Å². The average molecular weight is 552 g/mol. The topological polar surface area (TPSA) is 187 Å². The zero-order valence-corrected chi connectivity index (χ0v) is 22.7. The SMILES string of the molecule is CCCCCCCCCCCCO[C@H]1O[C@H](CO)[C@@H](O)[C@H](O)[C@@H]1O[C@@H]1O[C@H](CO)[C@@H](O)[C@H](O)[C@H]1NC(C)=O. The maximum atomic E-state index is 11.7. The molecule has 2 saturated heterocycles. The van der Waals surface area contributed by atoms with E-state index in [1.165, 1.54) is 45.4 Å². The molecule has 10 atom stereocenters. The maximum absolute atomic E-state index is 11.7. The fraction of sp³-hybridized carbons (Fsp3) is 0.962. The molecule has 1 amide bonds. The highest BCUT2D eigenvalue weighted by Gasteiger charge is 2.51. The summed E-state index contributed by atoms with van der Waals surface area (Å²) >= 11 is 0. The molecule has 2 rings (SSSR count). The quantitative estimate of drug-likeness (QED) is 0.118. The minimum Gasteiger partial charge on any atom is -0.394 e. The van der Waals surface area contributed by atoms with Gasteiger partial charge < -0.3 is 54.9 Å². The number of hydrogen-bond donors (Lipinski definition) is 7. The van der Waals surface area contributed by atoms with Gasteiger partial charge in [0.05, 0.1) is 13.2 Å². The highest BCUT2D eigenvalue weighted by atomic mass is 16.7. The number of aliphatic hydroxyl groups excluding tert-OH is 6. The van der Waals surface area contributed by atoms with Crippen LogP contribution in [0.25, 0.3) is 0 Å². The lowest BCUT2D eigenvalue weighted by Gasteiger charge is -2.47. The number of aliphatic hydroxyl groups is 6. The number of unbranched alkanes of at least 4 members (excludes halogenated alkanes) is 9. The van der Waals surface area contributed by atoms with Crippen LogP contribution in [-0.2, 0) is 23.7 Å². The molecule has 0 bridgehead atoms. The summed E-state index contributed by atoms with van der Waals surface area (Å²) in [5, 5.41) is 63.5. The second-order valence-corrected chi connectivity index (χ2v) is 10.3. The molecule has 2 aliphatic heterocycles. The summed E-state index contributed by atoms with van der Waals surface area (Å²) in [5.74, 6) is -0.532.